The van der Waals surface area contributed by atoms with Crippen LogP contribution in [0.2, 0.25) is 0 Å². The van der Waals surface area contributed by atoms with Gasteiger partial charge in [-0.15, -0.1) is 0 Å². The Morgan fingerprint density at radius 2 is 1.58 bits per heavy atom. The normalized spacial score (nSPS) is 14.3. The van der Waals surface area contributed by atoms with Crippen molar-refractivity contribution in [2.75, 3.05) is 0 Å². The van der Waals surface area contributed by atoms with Crippen molar-refractivity contribution in [3.05, 3.63) is 29.8 Å². The summed E-state index contributed by atoms with van der Waals surface area (Å²) in [5, 5.41) is 0. The van der Waals surface area contributed by atoms with Gasteiger partial charge in [0.05, 0.1) is 0 Å². The van der Waals surface area contributed by atoms with Crippen molar-refractivity contribution in [2.24, 2.45) is 0 Å². The molecule has 24 heavy (non-hydrogen) atoms. The van der Waals surface area contributed by atoms with E-state index in [4.69, 9.17) is 14.0 Å². The maximum absolute atomic E-state index is 10.9. The van der Waals surface area contributed by atoms with Gasteiger partial charge in [0.2, 0.25) is 0 Å². The third-order valence-corrected chi connectivity index (χ3v) is 4.80. The fourth-order valence-electron chi connectivity index (χ4n) is 2.40. The molecule has 138 valence electrons. The minimum Gasteiger partial charge on any atom is -0.465 e. The summed E-state index contributed by atoms with van der Waals surface area (Å²) in [6, 6.07) is 7.73. The maximum atomic E-state index is 10.9. The average molecular weight is 359 g/mol. The predicted molar refractivity (Wildman–Crippen MR) is 95.7 cm³/mol. The van der Waals surface area contributed by atoms with Crippen LogP contribution in [0.3, 0.4) is 0 Å². The number of rotatable bonds is 12. The first-order valence-corrected chi connectivity index (χ1v) is 10.2. The molecule has 2 unspecified atom stereocenters. The molecular formula is C18H30O5S. The van der Waals surface area contributed by atoms with Gasteiger partial charge in [-0.3, -0.25) is 4.55 Å². The summed E-state index contributed by atoms with van der Waals surface area (Å²) in [5.74, 6) is 0.608. The highest BCUT2D eigenvalue weighted by Crippen LogP contribution is 2.17. The van der Waals surface area contributed by atoms with Crippen molar-refractivity contribution in [3.8, 4) is 5.75 Å². The van der Waals surface area contributed by atoms with Crippen LogP contribution in [0.25, 0.3) is 0 Å². The molecule has 0 fully saturated rings. The quantitative estimate of drug-likeness (QED) is 0.337. The first-order chi connectivity index (χ1) is 11.3. The summed E-state index contributed by atoms with van der Waals surface area (Å²) in [4.78, 5) is 0. The van der Waals surface area contributed by atoms with E-state index in [9.17, 15) is 8.42 Å². The molecule has 0 aliphatic carbocycles. The van der Waals surface area contributed by atoms with Crippen LogP contribution >= 0.6 is 0 Å². The summed E-state index contributed by atoms with van der Waals surface area (Å²) >= 11 is 0. The van der Waals surface area contributed by atoms with Crippen molar-refractivity contribution in [3.63, 3.8) is 0 Å². The van der Waals surface area contributed by atoms with E-state index >= 15 is 0 Å². The third-order valence-electron chi connectivity index (χ3n) is 3.85. The van der Waals surface area contributed by atoms with Crippen LogP contribution in [0.15, 0.2) is 24.3 Å². The van der Waals surface area contributed by atoms with Crippen LogP contribution in [-0.2, 0) is 21.3 Å². The summed E-state index contributed by atoms with van der Waals surface area (Å²) in [6.07, 6.45) is 7.95. The number of ether oxygens (including phenoxy) is 2. The molecule has 5 nitrogen and oxygen atoms in total. The van der Waals surface area contributed by atoms with Gasteiger partial charge < -0.3 is 9.47 Å². The van der Waals surface area contributed by atoms with Crippen LogP contribution in [0.5, 0.6) is 5.75 Å². The first-order valence-electron chi connectivity index (χ1n) is 8.70. The lowest BCUT2D eigenvalue weighted by Crippen LogP contribution is -2.28. The van der Waals surface area contributed by atoms with Gasteiger partial charge in [0.1, 0.15) is 5.75 Å². The molecule has 0 radical (unpaired) electrons. The van der Waals surface area contributed by atoms with Crippen molar-refractivity contribution in [1.82, 2.24) is 0 Å². The number of hydrogen-bond donors (Lipinski definition) is 1. The SMILES string of the molecule is CCCCCCCCc1ccc(OC(C)OC(C)S(=O)(=O)O)cc1. The molecule has 1 aromatic carbocycles. The zero-order valence-electron chi connectivity index (χ0n) is 14.9. The lowest BCUT2D eigenvalue weighted by atomic mass is 10.0. The molecule has 6 heteroatoms. The molecule has 0 amide bonds. The molecular weight excluding hydrogens is 328 g/mol. The number of aryl methyl sites for hydroxylation is 1. The molecule has 0 heterocycles. The number of benzene rings is 1. The molecule has 1 N–H and O–H groups in total. The molecule has 0 saturated carbocycles. The molecule has 0 spiro atoms. The Bertz CT molecular complexity index is 553. The fourth-order valence-corrected chi connectivity index (χ4v) is 2.70. The highest BCUT2D eigenvalue weighted by Gasteiger charge is 2.21. The Morgan fingerprint density at radius 1 is 1.00 bits per heavy atom. The van der Waals surface area contributed by atoms with Crippen molar-refractivity contribution >= 4 is 10.1 Å². The Labute approximate surface area is 146 Å². The summed E-state index contributed by atoms with van der Waals surface area (Å²) in [5.41, 5.74) is -0.0581. The minimum atomic E-state index is -4.22. The van der Waals surface area contributed by atoms with E-state index in [0.29, 0.717) is 5.75 Å². The second kappa shape index (κ2) is 10.7. The molecule has 0 aliphatic heterocycles. The van der Waals surface area contributed by atoms with Crippen molar-refractivity contribution < 1.29 is 22.4 Å². The monoisotopic (exact) mass is 358 g/mol. The number of unbranched alkanes of at least 4 members (excludes halogenated alkanes) is 5. The lowest BCUT2D eigenvalue weighted by molar-refractivity contribution is -0.0778. The van der Waals surface area contributed by atoms with Crippen molar-refractivity contribution in [2.45, 2.75) is 77.4 Å². The van der Waals surface area contributed by atoms with Gasteiger partial charge in [-0.05, 0) is 44.4 Å². The molecule has 1 rings (SSSR count). The minimum absolute atomic E-state index is 0.608. The fraction of sp³-hybridized carbons (Fsp3) is 0.667. The van der Waals surface area contributed by atoms with Crippen molar-refractivity contribution in [1.29, 1.82) is 0 Å². The van der Waals surface area contributed by atoms with Crippen LogP contribution in [-0.4, -0.2) is 24.7 Å². The van der Waals surface area contributed by atoms with E-state index in [1.165, 1.54) is 51.0 Å². The van der Waals surface area contributed by atoms with Gasteiger partial charge in [0, 0.05) is 0 Å². The van der Waals surface area contributed by atoms with Crippen LogP contribution in [0.1, 0.15) is 64.9 Å². The summed E-state index contributed by atoms with van der Waals surface area (Å²) in [7, 11) is -4.22. The lowest BCUT2D eigenvalue weighted by Gasteiger charge is -2.18. The second-order valence-corrected chi connectivity index (χ2v) is 7.76. The smallest absolute Gasteiger partial charge is 0.292 e. The van der Waals surface area contributed by atoms with E-state index in [1.807, 2.05) is 24.3 Å². The topological polar surface area (TPSA) is 72.8 Å². The Morgan fingerprint density at radius 3 is 2.17 bits per heavy atom. The van der Waals surface area contributed by atoms with E-state index in [1.54, 1.807) is 6.92 Å². The van der Waals surface area contributed by atoms with Gasteiger partial charge in [0.25, 0.3) is 10.1 Å². The highest BCUT2D eigenvalue weighted by molar-refractivity contribution is 7.86. The highest BCUT2D eigenvalue weighted by atomic mass is 32.2. The van der Waals surface area contributed by atoms with Gasteiger partial charge >= 0.3 is 0 Å². The first kappa shape index (κ1) is 20.9. The zero-order valence-corrected chi connectivity index (χ0v) is 15.7. The van der Waals surface area contributed by atoms with E-state index in [2.05, 4.69) is 6.92 Å². The number of hydrogen-bond acceptors (Lipinski definition) is 4. The van der Waals surface area contributed by atoms with Gasteiger partial charge in [0.15, 0.2) is 11.7 Å². The third kappa shape index (κ3) is 8.66. The average Bonchev–Trinajstić information content (AvgIpc) is 2.51. The Hall–Kier alpha value is -1.11. The molecule has 0 bridgehead atoms. The van der Waals surface area contributed by atoms with Gasteiger partial charge in [-0.1, -0.05) is 51.2 Å². The predicted octanol–water partition coefficient (Wildman–Crippen LogP) is 4.56. The Balaban J connectivity index is 2.33. The molecule has 0 aromatic heterocycles. The van der Waals surface area contributed by atoms with Gasteiger partial charge in [-0.2, -0.15) is 8.42 Å². The van der Waals surface area contributed by atoms with Crippen LogP contribution < -0.4 is 4.74 Å². The second-order valence-electron chi connectivity index (χ2n) is 6.07. The standard InChI is InChI=1S/C18H30O5S/c1-4-5-6-7-8-9-10-17-11-13-18(14-12-17)23-15(2)22-16(3)24(19,20)21/h11-16H,4-10H2,1-3H3,(H,19,20,21). The van der Waals surface area contributed by atoms with E-state index in [-0.39, 0.29) is 0 Å². The molecule has 0 saturated heterocycles. The van der Waals surface area contributed by atoms with E-state index in [0.717, 1.165) is 6.42 Å². The maximum Gasteiger partial charge on any atom is 0.292 e. The Kier molecular flexibility index (Phi) is 9.33. The molecule has 2 atom stereocenters. The summed E-state index contributed by atoms with van der Waals surface area (Å²) in [6.45, 7) is 5.07. The van der Waals surface area contributed by atoms with E-state index < -0.39 is 21.8 Å². The molecule has 1 aromatic rings. The van der Waals surface area contributed by atoms with Gasteiger partial charge in [-0.25, -0.2) is 0 Å². The molecule has 0 aliphatic rings. The van der Waals surface area contributed by atoms with Crippen LogP contribution in [0.4, 0.5) is 0 Å². The largest absolute Gasteiger partial charge is 0.465 e. The zero-order chi connectivity index (χ0) is 18.0. The summed E-state index contributed by atoms with van der Waals surface area (Å²) < 4.78 is 41.3. The van der Waals surface area contributed by atoms with Crippen LogP contribution in [0, 0.1) is 0 Å².